The molecule has 6 heteroatoms. The summed E-state index contributed by atoms with van der Waals surface area (Å²) in [5.74, 6) is 0.0946. The second-order valence-corrected chi connectivity index (χ2v) is 7.43. The molecule has 1 atom stereocenters. The number of nitrogens with zero attached hydrogens (tertiary/aromatic N) is 2. The maximum absolute atomic E-state index is 12.8. The summed E-state index contributed by atoms with van der Waals surface area (Å²) in [4.78, 5) is 28.9. The van der Waals surface area contributed by atoms with Gasteiger partial charge in [-0.1, -0.05) is 30.3 Å². The van der Waals surface area contributed by atoms with Crippen molar-refractivity contribution < 1.29 is 9.59 Å². The molecule has 1 N–H and O–H groups in total. The fourth-order valence-electron chi connectivity index (χ4n) is 3.26. The summed E-state index contributed by atoms with van der Waals surface area (Å²) in [7, 11) is 2.09. The second-order valence-electron chi connectivity index (χ2n) is 6.65. The van der Waals surface area contributed by atoms with Crippen LogP contribution in [0.1, 0.15) is 34.8 Å². The van der Waals surface area contributed by atoms with Crippen LogP contribution in [0, 0.1) is 0 Å². The van der Waals surface area contributed by atoms with Crippen LogP contribution in [0.3, 0.4) is 0 Å². The first-order valence-electron chi connectivity index (χ1n) is 8.98. The van der Waals surface area contributed by atoms with Gasteiger partial charge in [-0.05, 0) is 30.5 Å². The molecule has 26 heavy (non-hydrogen) atoms. The topological polar surface area (TPSA) is 52.6 Å². The number of carbonyl (C=O) groups is 2. The Kier molecular flexibility index (Phi) is 6.41. The van der Waals surface area contributed by atoms with Gasteiger partial charge in [0.05, 0.1) is 6.04 Å². The summed E-state index contributed by atoms with van der Waals surface area (Å²) in [5, 5.41) is 6.60. The zero-order chi connectivity index (χ0) is 18.4. The van der Waals surface area contributed by atoms with Gasteiger partial charge in [0.2, 0.25) is 5.91 Å². The molecule has 0 bridgehead atoms. The van der Waals surface area contributed by atoms with Gasteiger partial charge in [-0.2, -0.15) is 11.3 Å². The lowest BCUT2D eigenvalue weighted by Gasteiger charge is -2.40. The van der Waals surface area contributed by atoms with E-state index >= 15 is 0 Å². The van der Waals surface area contributed by atoms with Gasteiger partial charge in [0.15, 0.2) is 0 Å². The molecule has 2 aromatic rings. The highest BCUT2D eigenvalue weighted by molar-refractivity contribution is 7.08. The number of nitrogens with one attached hydrogen (secondary N) is 1. The highest BCUT2D eigenvalue weighted by Crippen LogP contribution is 2.25. The number of likely N-dealkylation sites (N-methyl/N-ethyl adjacent to an activating group) is 1. The number of thiophene rings is 1. The minimum Gasteiger partial charge on any atom is -0.352 e. The van der Waals surface area contributed by atoms with E-state index in [2.05, 4.69) is 29.4 Å². The van der Waals surface area contributed by atoms with Gasteiger partial charge in [0.1, 0.15) is 0 Å². The Morgan fingerprint density at radius 1 is 1.19 bits per heavy atom. The third-order valence-electron chi connectivity index (χ3n) is 4.72. The molecule has 1 unspecified atom stereocenters. The molecule has 2 heterocycles. The van der Waals surface area contributed by atoms with Crippen LogP contribution >= 0.6 is 11.3 Å². The zero-order valence-corrected chi connectivity index (χ0v) is 15.9. The van der Waals surface area contributed by atoms with Gasteiger partial charge in [0.25, 0.3) is 5.91 Å². The maximum Gasteiger partial charge on any atom is 0.252 e. The first-order valence-corrected chi connectivity index (χ1v) is 9.93. The van der Waals surface area contributed by atoms with Crippen LogP contribution in [0.5, 0.6) is 0 Å². The third kappa shape index (κ3) is 4.71. The lowest BCUT2D eigenvalue weighted by molar-refractivity contribution is -0.136. The van der Waals surface area contributed by atoms with Crippen LogP contribution in [0.15, 0.2) is 47.2 Å². The molecule has 1 fully saturated rings. The monoisotopic (exact) mass is 371 g/mol. The van der Waals surface area contributed by atoms with E-state index < -0.39 is 0 Å². The highest BCUT2D eigenvalue weighted by atomic mass is 32.1. The molecule has 1 aromatic carbocycles. The Labute approximate surface area is 158 Å². The predicted molar refractivity (Wildman–Crippen MR) is 104 cm³/mol. The number of hydrogen-bond acceptors (Lipinski definition) is 4. The number of hydrogen-bond donors (Lipinski definition) is 1. The summed E-state index contributed by atoms with van der Waals surface area (Å²) in [6.07, 6.45) is 1.11. The van der Waals surface area contributed by atoms with Gasteiger partial charge in [-0.3, -0.25) is 9.59 Å². The third-order valence-corrected chi connectivity index (χ3v) is 5.41. The van der Waals surface area contributed by atoms with Crippen molar-refractivity contribution in [2.45, 2.75) is 18.9 Å². The summed E-state index contributed by atoms with van der Waals surface area (Å²) in [6.45, 7) is 3.01. The quantitative estimate of drug-likeness (QED) is 0.795. The van der Waals surface area contributed by atoms with Crippen LogP contribution in [0.25, 0.3) is 0 Å². The van der Waals surface area contributed by atoms with Crippen molar-refractivity contribution in [3.05, 3.63) is 58.3 Å². The molecule has 1 aliphatic heterocycles. The first-order chi connectivity index (χ1) is 12.6. The van der Waals surface area contributed by atoms with E-state index in [0.717, 1.165) is 19.6 Å². The number of benzene rings is 1. The molecule has 0 saturated carbocycles. The van der Waals surface area contributed by atoms with Gasteiger partial charge in [-0.15, -0.1) is 0 Å². The molecular formula is C20H25N3O2S. The van der Waals surface area contributed by atoms with E-state index in [9.17, 15) is 9.59 Å². The minimum absolute atomic E-state index is 0.0690. The van der Waals surface area contributed by atoms with Gasteiger partial charge in [-0.25, -0.2) is 0 Å². The average molecular weight is 372 g/mol. The predicted octanol–water partition coefficient (Wildman–Crippen LogP) is 2.77. The summed E-state index contributed by atoms with van der Waals surface area (Å²) in [6, 6.07) is 12.1. The van der Waals surface area contributed by atoms with Crippen molar-refractivity contribution in [3.63, 3.8) is 0 Å². The Morgan fingerprint density at radius 3 is 2.73 bits per heavy atom. The Morgan fingerprint density at radius 2 is 2.00 bits per heavy atom. The van der Waals surface area contributed by atoms with Crippen molar-refractivity contribution in [1.29, 1.82) is 0 Å². The molecule has 0 radical (unpaired) electrons. The Bertz CT molecular complexity index is 718. The minimum atomic E-state index is -0.0690. The van der Waals surface area contributed by atoms with Crippen molar-refractivity contribution in [2.75, 3.05) is 33.2 Å². The number of carbonyl (C=O) groups excluding carboxylic acids is 2. The Hall–Kier alpha value is -2.18. The van der Waals surface area contributed by atoms with Crippen LogP contribution in [0.2, 0.25) is 0 Å². The van der Waals surface area contributed by atoms with Gasteiger partial charge >= 0.3 is 0 Å². The molecule has 0 aliphatic carbocycles. The van der Waals surface area contributed by atoms with Crippen molar-refractivity contribution in [2.24, 2.45) is 0 Å². The Balaban J connectivity index is 1.51. The van der Waals surface area contributed by atoms with E-state index in [1.54, 1.807) is 6.07 Å². The van der Waals surface area contributed by atoms with Crippen molar-refractivity contribution in [3.8, 4) is 0 Å². The van der Waals surface area contributed by atoms with E-state index in [-0.39, 0.29) is 17.9 Å². The number of amides is 2. The molecule has 0 spiro atoms. The van der Waals surface area contributed by atoms with E-state index in [0.29, 0.717) is 24.9 Å². The van der Waals surface area contributed by atoms with E-state index in [1.165, 1.54) is 16.9 Å². The fourth-order valence-corrected chi connectivity index (χ4v) is 3.90. The van der Waals surface area contributed by atoms with Crippen LogP contribution < -0.4 is 5.32 Å². The lowest BCUT2D eigenvalue weighted by Crippen LogP contribution is -2.49. The largest absolute Gasteiger partial charge is 0.352 e. The summed E-state index contributed by atoms with van der Waals surface area (Å²) >= 11 is 1.50. The molecule has 138 valence electrons. The zero-order valence-electron chi connectivity index (χ0n) is 15.1. The van der Waals surface area contributed by atoms with Crippen LogP contribution in [-0.4, -0.2) is 54.8 Å². The SMILES string of the molecule is CN1CCN(C(=O)CCCNC(=O)c2ccsc2)C(c2ccccc2)C1. The average Bonchev–Trinajstić information content (AvgIpc) is 3.20. The lowest BCUT2D eigenvalue weighted by atomic mass is 10.0. The second kappa shape index (κ2) is 8.96. The smallest absolute Gasteiger partial charge is 0.252 e. The highest BCUT2D eigenvalue weighted by Gasteiger charge is 2.29. The normalized spacial score (nSPS) is 17.9. The van der Waals surface area contributed by atoms with Gasteiger partial charge in [0, 0.05) is 43.5 Å². The summed E-state index contributed by atoms with van der Waals surface area (Å²) in [5.41, 5.74) is 1.86. The maximum atomic E-state index is 12.8. The molecule has 5 nitrogen and oxygen atoms in total. The van der Waals surface area contributed by atoms with E-state index in [4.69, 9.17) is 0 Å². The molecular weight excluding hydrogens is 346 g/mol. The molecule has 1 aromatic heterocycles. The standard InChI is InChI=1S/C20H25N3O2S/c1-22-11-12-23(18(14-22)16-6-3-2-4-7-16)19(24)8-5-10-21-20(25)17-9-13-26-15-17/h2-4,6-7,9,13,15,18H,5,8,10-12,14H2,1H3,(H,21,25). The summed E-state index contributed by atoms with van der Waals surface area (Å²) < 4.78 is 0. The van der Waals surface area contributed by atoms with E-state index in [1.807, 2.05) is 33.9 Å². The number of rotatable bonds is 6. The fraction of sp³-hybridized carbons (Fsp3) is 0.400. The molecule has 2 amide bonds. The van der Waals surface area contributed by atoms with Crippen LogP contribution in [-0.2, 0) is 4.79 Å². The molecule has 3 rings (SSSR count). The molecule has 1 aliphatic rings. The first kappa shape index (κ1) is 18.6. The molecule has 1 saturated heterocycles. The van der Waals surface area contributed by atoms with Crippen LogP contribution in [0.4, 0.5) is 0 Å². The van der Waals surface area contributed by atoms with Crippen molar-refractivity contribution >= 4 is 23.2 Å². The van der Waals surface area contributed by atoms with Gasteiger partial charge < -0.3 is 15.1 Å². The van der Waals surface area contributed by atoms with Crippen molar-refractivity contribution in [1.82, 2.24) is 15.1 Å². The number of piperazine rings is 1.